The highest BCUT2D eigenvalue weighted by atomic mass is 32.2. The Morgan fingerprint density at radius 2 is 1.92 bits per heavy atom. The lowest BCUT2D eigenvalue weighted by Crippen LogP contribution is -2.46. The van der Waals surface area contributed by atoms with E-state index in [-0.39, 0.29) is 4.90 Å². The number of aromatic nitrogens is 2. The molecule has 9 heteroatoms. The summed E-state index contributed by atoms with van der Waals surface area (Å²) in [6, 6.07) is 3.35. The average Bonchev–Trinajstić information content (AvgIpc) is 2.94. The molecule has 3 rings (SSSR count). The van der Waals surface area contributed by atoms with Gasteiger partial charge in [-0.15, -0.1) is 0 Å². The fourth-order valence-electron chi connectivity index (χ4n) is 2.92. The smallest absolute Gasteiger partial charge is 0.241 e. The van der Waals surface area contributed by atoms with Crippen molar-refractivity contribution in [1.82, 2.24) is 19.8 Å². The van der Waals surface area contributed by atoms with Gasteiger partial charge < -0.3 is 9.42 Å². The highest BCUT2D eigenvalue weighted by molar-refractivity contribution is 7.89. The van der Waals surface area contributed by atoms with Crippen LogP contribution in [0.1, 0.15) is 17.0 Å². The lowest BCUT2D eigenvalue weighted by atomic mass is 10.2. The topological polar surface area (TPSA) is 91.6 Å². The number of pyridine rings is 1. The predicted octanol–water partition coefficient (Wildman–Crippen LogP) is 0.917. The van der Waals surface area contributed by atoms with Gasteiger partial charge in [-0.25, -0.2) is 18.1 Å². The monoisotopic (exact) mass is 365 g/mol. The molecule has 0 atom stereocenters. The number of hydrogen-bond donors (Lipinski definition) is 1. The van der Waals surface area contributed by atoms with Crippen molar-refractivity contribution in [3.05, 3.63) is 35.3 Å². The second kappa shape index (κ2) is 7.11. The molecular weight excluding hydrogens is 342 g/mol. The number of sulfonamides is 1. The van der Waals surface area contributed by atoms with Crippen molar-refractivity contribution in [3.63, 3.8) is 0 Å². The van der Waals surface area contributed by atoms with Crippen molar-refractivity contribution >= 4 is 15.8 Å². The molecule has 0 saturated carbocycles. The third-order valence-corrected chi connectivity index (χ3v) is 5.96. The molecule has 2 aromatic heterocycles. The summed E-state index contributed by atoms with van der Waals surface area (Å²) in [5, 5.41) is 4.00. The molecular formula is C16H23N5O3S. The van der Waals surface area contributed by atoms with Crippen LogP contribution < -0.4 is 9.62 Å². The number of nitrogens with zero attached hydrogens (tertiary/aromatic N) is 4. The summed E-state index contributed by atoms with van der Waals surface area (Å²) in [7, 11) is -2.06. The first-order chi connectivity index (χ1) is 11.9. The SMILES string of the molecule is CNS(=O)(=O)c1ccc(N2CCN(Cc3c(C)noc3C)CC2)nc1. The predicted molar refractivity (Wildman–Crippen MR) is 93.9 cm³/mol. The Labute approximate surface area is 147 Å². The molecule has 1 fully saturated rings. The van der Waals surface area contributed by atoms with Crippen LogP contribution in [0.25, 0.3) is 0 Å². The third-order valence-electron chi connectivity index (χ3n) is 4.56. The summed E-state index contributed by atoms with van der Waals surface area (Å²) in [4.78, 5) is 9.02. The molecule has 25 heavy (non-hydrogen) atoms. The van der Waals surface area contributed by atoms with E-state index >= 15 is 0 Å². The molecule has 1 saturated heterocycles. The highest BCUT2D eigenvalue weighted by Crippen LogP contribution is 2.19. The van der Waals surface area contributed by atoms with Gasteiger partial charge in [-0.05, 0) is 33.0 Å². The molecule has 1 N–H and O–H groups in total. The molecule has 0 bridgehead atoms. The van der Waals surface area contributed by atoms with Gasteiger partial charge in [0.2, 0.25) is 10.0 Å². The van der Waals surface area contributed by atoms with Crippen LogP contribution in [0.3, 0.4) is 0 Å². The maximum absolute atomic E-state index is 11.8. The van der Waals surface area contributed by atoms with Gasteiger partial charge in [0.15, 0.2) is 0 Å². The number of anilines is 1. The van der Waals surface area contributed by atoms with Gasteiger partial charge in [0.25, 0.3) is 0 Å². The first kappa shape index (κ1) is 17.8. The van der Waals surface area contributed by atoms with Crippen LogP contribution in [0.5, 0.6) is 0 Å². The quantitative estimate of drug-likeness (QED) is 0.842. The Morgan fingerprint density at radius 3 is 2.44 bits per heavy atom. The van der Waals surface area contributed by atoms with Crippen molar-refractivity contribution in [2.75, 3.05) is 38.1 Å². The molecule has 136 valence electrons. The lowest BCUT2D eigenvalue weighted by molar-refractivity contribution is 0.247. The van der Waals surface area contributed by atoms with Crippen molar-refractivity contribution < 1.29 is 12.9 Å². The van der Waals surface area contributed by atoms with E-state index in [9.17, 15) is 8.42 Å². The van der Waals surface area contributed by atoms with Crippen molar-refractivity contribution in [2.24, 2.45) is 0 Å². The first-order valence-electron chi connectivity index (χ1n) is 8.19. The average molecular weight is 365 g/mol. The molecule has 8 nitrogen and oxygen atoms in total. The lowest BCUT2D eigenvalue weighted by Gasteiger charge is -2.35. The van der Waals surface area contributed by atoms with E-state index in [0.29, 0.717) is 0 Å². The molecule has 0 spiro atoms. The Morgan fingerprint density at radius 1 is 1.20 bits per heavy atom. The van der Waals surface area contributed by atoms with Crippen molar-refractivity contribution in [1.29, 1.82) is 0 Å². The molecule has 2 aromatic rings. The van der Waals surface area contributed by atoms with E-state index in [1.807, 2.05) is 13.8 Å². The first-order valence-corrected chi connectivity index (χ1v) is 9.67. The van der Waals surface area contributed by atoms with E-state index in [1.165, 1.54) is 13.2 Å². The van der Waals surface area contributed by atoms with Gasteiger partial charge >= 0.3 is 0 Å². The van der Waals surface area contributed by atoms with E-state index in [2.05, 4.69) is 24.7 Å². The fraction of sp³-hybridized carbons (Fsp3) is 0.500. The summed E-state index contributed by atoms with van der Waals surface area (Å²) >= 11 is 0. The van der Waals surface area contributed by atoms with Crippen LogP contribution in [0.15, 0.2) is 27.7 Å². The maximum atomic E-state index is 11.8. The molecule has 1 aliphatic heterocycles. The zero-order chi connectivity index (χ0) is 18.0. The zero-order valence-corrected chi connectivity index (χ0v) is 15.5. The van der Waals surface area contributed by atoms with Gasteiger partial charge in [0.1, 0.15) is 16.5 Å². The Hall–Kier alpha value is -1.97. The summed E-state index contributed by atoms with van der Waals surface area (Å²) in [5.41, 5.74) is 2.11. The molecule has 0 radical (unpaired) electrons. The van der Waals surface area contributed by atoms with Gasteiger partial charge in [0, 0.05) is 44.5 Å². The number of piperazine rings is 1. The van der Waals surface area contributed by atoms with Gasteiger partial charge in [-0.3, -0.25) is 4.90 Å². The number of aryl methyl sites for hydroxylation is 2. The normalized spacial score (nSPS) is 16.4. The van der Waals surface area contributed by atoms with Crippen molar-refractivity contribution in [3.8, 4) is 0 Å². The van der Waals surface area contributed by atoms with Gasteiger partial charge in [-0.1, -0.05) is 5.16 Å². The van der Waals surface area contributed by atoms with Crippen molar-refractivity contribution in [2.45, 2.75) is 25.3 Å². The zero-order valence-electron chi connectivity index (χ0n) is 14.7. The minimum atomic E-state index is -3.45. The number of nitrogens with one attached hydrogen (secondary N) is 1. The molecule has 0 unspecified atom stereocenters. The third kappa shape index (κ3) is 3.83. The summed E-state index contributed by atoms with van der Waals surface area (Å²) in [6.45, 7) is 8.23. The van der Waals surface area contributed by atoms with Gasteiger partial charge in [-0.2, -0.15) is 0 Å². The summed E-state index contributed by atoms with van der Waals surface area (Å²) < 4.78 is 31.0. The largest absolute Gasteiger partial charge is 0.361 e. The van der Waals surface area contributed by atoms with Crippen LogP contribution in [-0.2, 0) is 16.6 Å². The minimum absolute atomic E-state index is 0.177. The van der Waals surface area contributed by atoms with E-state index in [1.54, 1.807) is 12.1 Å². The molecule has 0 amide bonds. The molecule has 0 aromatic carbocycles. The highest BCUT2D eigenvalue weighted by Gasteiger charge is 2.21. The number of rotatable bonds is 5. The molecule has 1 aliphatic rings. The van der Waals surface area contributed by atoms with E-state index in [0.717, 1.165) is 55.6 Å². The fourth-order valence-corrected chi connectivity index (χ4v) is 3.60. The van der Waals surface area contributed by atoms with Crippen LogP contribution >= 0.6 is 0 Å². The second-order valence-corrected chi connectivity index (χ2v) is 8.01. The Balaban J connectivity index is 1.61. The number of hydrogen-bond acceptors (Lipinski definition) is 7. The van der Waals surface area contributed by atoms with Crippen LogP contribution in [-0.4, -0.2) is 56.7 Å². The minimum Gasteiger partial charge on any atom is -0.361 e. The van der Waals surface area contributed by atoms with Gasteiger partial charge in [0.05, 0.1) is 5.69 Å². The van der Waals surface area contributed by atoms with E-state index < -0.39 is 10.0 Å². The summed E-state index contributed by atoms with van der Waals surface area (Å²) in [5.74, 6) is 1.68. The Kier molecular flexibility index (Phi) is 5.07. The molecule has 3 heterocycles. The summed E-state index contributed by atoms with van der Waals surface area (Å²) in [6.07, 6.45) is 1.40. The molecule has 0 aliphatic carbocycles. The standard InChI is InChI=1S/C16H23N5O3S/c1-12-15(13(2)24-19-12)11-20-6-8-21(9-7-20)16-5-4-14(10-18-16)25(22,23)17-3/h4-5,10,17H,6-9,11H2,1-3H3. The second-order valence-electron chi connectivity index (χ2n) is 6.13. The van der Waals surface area contributed by atoms with E-state index in [4.69, 9.17) is 4.52 Å². The van der Waals surface area contributed by atoms with Crippen LogP contribution in [0.4, 0.5) is 5.82 Å². The maximum Gasteiger partial charge on any atom is 0.241 e. The Bertz CT molecular complexity index is 804. The van der Waals surface area contributed by atoms with Crippen LogP contribution in [0.2, 0.25) is 0 Å². The van der Waals surface area contributed by atoms with Crippen LogP contribution in [0, 0.1) is 13.8 Å².